The maximum Gasteiger partial charge on any atom is 0.323 e. The van der Waals surface area contributed by atoms with E-state index in [1.165, 1.54) is 0 Å². The number of benzene rings is 1. The van der Waals surface area contributed by atoms with Crippen LogP contribution in [0.25, 0.3) is 0 Å². The Morgan fingerprint density at radius 1 is 1.33 bits per heavy atom. The molecule has 21 heavy (non-hydrogen) atoms. The van der Waals surface area contributed by atoms with E-state index < -0.39 is 34.0 Å². The summed E-state index contributed by atoms with van der Waals surface area (Å²) < 4.78 is 24.8. The second kappa shape index (κ2) is 7.56. The molecule has 1 aromatic rings. The highest BCUT2D eigenvalue weighted by Gasteiger charge is 2.22. The van der Waals surface area contributed by atoms with Crippen molar-refractivity contribution >= 4 is 37.6 Å². The molecule has 0 bridgehead atoms. The van der Waals surface area contributed by atoms with E-state index in [0.29, 0.717) is 5.56 Å². The Bertz CT molecular complexity index is 629. The normalized spacial score (nSPS) is 11.1. The summed E-state index contributed by atoms with van der Waals surface area (Å²) in [6.07, 6.45) is 0. The Morgan fingerprint density at radius 2 is 2.00 bits per heavy atom. The number of rotatable bonds is 7. The number of carboxylic acid groups (broad SMARTS) is 1. The Kier molecular flexibility index (Phi) is 6.35. The van der Waals surface area contributed by atoms with E-state index in [0.717, 1.165) is 9.37 Å². The summed E-state index contributed by atoms with van der Waals surface area (Å²) in [6.45, 7) is 1.25. The highest BCUT2D eigenvalue weighted by atomic mass is 79.9. The van der Waals surface area contributed by atoms with Crippen LogP contribution < -0.4 is 0 Å². The van der Waals surface area contributed by atoms with Gasteiger partial charge in [-0.05, 0) is 24.6 Å². The van der Waals surface area contributed by atoms with Crippen LogP contribution in [0.3, 0.4) is 0 Å². The first-order valence-corrected chi connectivity index (χ1v) is 8.79. The molecule has 0 saturated heterocycles. The number of carbonyl (C=O) groups is 2. The molecule has 0 aliphatic heterocycles. The quantitative estimate of drug-likeness (QED) is 0.772. The third-order valence-electron chi connectivity index (χ3n) is 2.68. The molecule has 6 nitrogen and oxygen atoms in total. The molecule has 0 fully saturated rings. The number of hydrogen-bond donors (Lipinski definition) is 1. The first-order valence-electron chi connectivity index (χ1n) is 6.18. The fraction of sp³-hybridized carbons (Fsp3) is 0.385. The van der Waals surface area contributed by atoms with Crippen LogP contribution in [0.15, 0.2) is 28.7 Å². The Hall–Kier alpha value is -1.41. The summed E-state index contributed by atoms with van der Waals surface area (Å²) >= 11 is 3.25. The average Bonchev–Trinajstić information content (AvgIpc) is 2.34. The molecule has 1 rings (SSSR count). The smallest absolute Gasteiger partial charge is 0.323 e. The molecule has 0 heterocycles. The lowest BCUT2D eigenvalue weighted by Crippen LogP contribution is -2.39. The highest BCUT2D eigenvalue weighted by molar-refractivity contribution is 9.10. The minimum absolute atomic E-state index is 0.150. The molecule has 1 amide bonds. The van der Waals surface area contributed by atoms with Crippen LogP contribution in [0, 0.1) is 0 Å². The van der Waals surface area contributed by atoms with Gasteiger partial charge >= 0.3 is 5.97 Å². The summed E-state index contributed by atoms with van der Waals surface area (Å²) in [4.78, 5) is 23.5. The van der Waals surface area contributed by atoms with Gasteiger partial charge in [0.05, 0.1) is 5.75 Å². The Morgan fingerprint density at radius 3 is 2.52 bits per heavy atom. The molecule has 0 unspecified atom stereocenters. The molecular weight excluding hydrogens is 362 g/mol. The fourth-order valence-corrected chi connectivity index (χ4v) is 3.55. The van der Waals surface area contributed by atoms with Crippen molar-refractivity contribution in [2.45, 2.75) is 12.7 Å². The van der Waals surface area contributed by atoms with Gasteiger partial charge in [-0.3, -0.25) is 9.59 Å². The van der Waals surface area contributed by atoms with Crippen molar-refractivity contribution in [1.29, 1.82) is 0 Å². The van der Waals surface area contributed by atoms with Crippen LogP contribution in [0.2, 0.25) is 0 Å². The van der Waals surface area contributed by atoms with Crippen LogP contribution in [0.4, 0.5) is 0 Å². The maximum atomic E-state index is 12.0. The molecule has 1 aromatic carbocycles. The zero-order chi connectivity index (χ0) is 16.0. The molecule has 0 radical (unpaired) electrons. The molecule has 0 aliphatic carbocycles. The van der Waals surface area contributed by atoms with Crippen molar-refractivity contribution in [1.82, 2.24) is 4.90 Å². The summed E-state index contributed by atoms with van der Waals surface area (Å²) in [5, 5.41) is 8.68. The van der Waals surface area contributed by atoms with Crippen molar-refractivity contribution < 1.29 is 23.1 Å². The van der Waals surface area contributed by atoms with Gasteiger partial charge in [0, 0.05) is 11.0 Å². The fourth-order valence-electron chi connectivity index (χ4n) is 1.75. The second-order valence-electron chi connectivity index (χ2n) is 4.46. The van der Waals surface area contributed by atoms with E-state index in [9.17, 15) is 18.0 Å². The number of amides is 1. The molecule has 0 spiro atoms. The van der Waals surface area contributed by atoms with Crippen LogP contribution in [-0.4, -0.2) is 49.1 Å². The number of hydrogen-bond acceptors (Lipinski definition) is 4. The number of sulfone groups is 1. The summed E-state index contributed by atoms with van der Waals surface area (Å²) in [7, 11) is -3.65. The van der Waals surface area contributed by atoms with Crippen LogP contribution in [0.5, 0.6) is 0 Å². The zero-order valence-electron chi connectivity index (χ0n) is 11.5. The van der Waals surface area contributed by atoms with Crippen molar-refractivity contribution in [3.8, 4) is 0 Å². The predicted octanol–water partition coefficient (Wildman–Crippen LogP) is 1.30. The van der Waals surface area contributed by atoms with Crippen LogP contribution in [-0.2, 0) is 25.2 Å². The van der Waals surface area contributed by atoms with Crippen molar-refractivity contribution in [3.63, 3.8) is 0 Å². The van der Waals surface area contributed by atoms with Crippen molar-refractivity contribution in [3.05, 3.63) is 34.3 Å². The van der Waals surface area contributed by atoms with E-state index >= 15 is 0 Å². The second-order valence-corrected chi connectivity index (χ2v) is 7.44. The SMILES string of the molecule is CCN(CC(=O)O)C(=O)CS(=O)(=O)Cc1cccc(Br)c1. The van der Waals surface area contributed by atoms with Gasteiger partial charge in [-0.25, -0.2) is 8.42 Å². The van der Waals surface area contributed by atoms with Crippen molar-refractivity contribution in [2.24, 2.45) is 0 Å². The number of likely N-dealkylation sites (N-methyl/N-ethyl adjacent to an activating group) is 1. The van der Waals surface area contributed by atoms with Gasteiger partial charge < -0.3 is 10.0 Å². The minimum Gasteiger partial charge on any atom is -0.480 e. The van der Waals surface area contributed by atoms with E-state index in [-0.39, 0.29) is 12.3 Å². The monoisotopic (exact) mass is 377 g/mol. The standard InChI is InChI=1S/C13H16BrNO5S/c1-2-15(7-13(17)18)12(16)9-21(19,20)8-10-4-3-5-11(14)6-10/h3-6H,2,7-9H2,1H3,(H,17,18). The molecular formula is C13H16BrNO5S. The topological polar surface area (TPSA) is 91.8 Å². The molecule has 0 atom stereocenters. The van der Waals surface area contributed by atoms with Gasteiger partial charge in [-0.2, -0.15) is 0 Å². The lowest BCUT2D eigenvalue weighted by atomic mass is 10.2. The Labute approximate surface area is 131 Å². The summed E-state index contributed by atoms with van der Waals surface area (Å²) in [6, 6.07) is 6.80. The van der Waals surface area contributed by atoms with Gasteiger partial charge in [-0.1, -0.05) is 28.1 Å². The molecule has 8 heteroatoms. The van der Waals surface area contributed by atoms with Gasteiger partial charge in [0.15, 0.2) is 9.84 Å². The predicted molar refractivity (Wildman–Crippen MR) is 81.5 cm³/mol. The minimum atomic E-state index is -3.65. The van der Waals surface area contributed by atoms with E-state index in [2.05, 4.69) is 15.9 Å². The number of carboxylic acids is 1. The first-order chi connectivity index (χ1) is 9.73. The van der Waals surface area contributed by atoms with E-state index in [1.807, 2.05) is 0 Å². The molecule has 1 N–H and O–H groups in total. The largest absolute Gasteiger partial charge is 0.480 e. The third kappa shape index (κ3) is 6.26. The van der Waals surface area contributed by atoms with Gasteiger partial charge in [0.2, 0.25) is 5.91 Å². The van der Waals surface area contributed by atoms with Crippen molar-refractivity contribution in [2.75, 3.05) is 18.8 Å². The van der Waals surface area contributed by atoms with E-state index in [1.54, 1.807) is 31.2 Å². The molecule has 0 aliphatic rings. The lowest BCUT2D eigenvalue weighted by molar-refractivity contribution is -0.143. The zero-order valence-corrected chi connectivity index (χ0v) is 13.9. The van der Waals surface area contributed by atoms with Crippen LogP contribution in [0.1, 0.15) is 12.5 Å². The number of aliphatic carboxylic acids is 1. The highest BCUT2D eigenvalue weighted by Crippen LogP contribution is 2.14. The maximum absolute atomic E-state index is 12.0. The molecule has 0 aromatic heterocycles. The lowest BCUT2D eigenvalue weighted by Gasteiger charge is -2.18. The summed E-state index contributed by atoms with van der Waals surface area (Å²) in [5.74, 6) is -2.83. The Balaban J connectivity index is 2.75. The first kappa shape index (κ1) is 17.6. The number of nitrogens with zero attached hydrogens (tertiary/aromatic N) is 1. The van der Waals surface area contributed by atoms with Gasteiger partial charge in [0.1, 0.15) is 12.3 Å². The average molecular weight is 378 g/mol. The van der Waals surface area contributed by atoms with E-state index in [4.69, 9.17) is 5.11 Å². The molecule has 0 saturated carbocycles. The van der Waals surface area contributed by atoms with Crippen LogP contribution >= 0.6 is 15.9 Å². The number of halogens is 1. The van der Waals surface area contributed by atoms with Gasteiger partial charge in [-0.15, -0.1) is 0 Å². The summed E-state index contributed by atoms with van der Waals surface area (Å²) in [5.41, 5.74) is 0.568. The van der Waals surface area contributed by atoms with Gasteiger partial charge in [0.25, 0.3) is 0 Å². The molecule has 116 valence electrons. The number of carbonyl (C=O) groups excluding carboxylic acids is 1. The third-order valence-corrected chi connectivity index (χ3v) is 4.63.